The third-order valence-corrected chi connectivity index (χ3v) is 2.71. The minimum absolute atomic E-state index is 0.0212. The summed E-state index contributed by atoms with van der Waals surface area (Å²) in [6.45, 7) is 0.547. The molecule has 0 unspecified atom stereocenters. The molecule has 0 aliphatic heterocycles. The maximum absolute atomic E-state index is 12.0. The summed E-state index contributed by atoms with van der Waals surface area (Å²) in [5.74, 6) is -1.23. The van der Waals surface area contributed by atoms with Crippen molar-refractivity contribution in [3.63, 3.8) is 0 Å². The molecule has 0 saturated carbocycles. The van der Waals surface area contributed by atoms with Gasteiger partial charge in [-0.3, -0.25) is 4.79 Å². The first kappa shape index (κ1) is 18.6. The molecule has 0 atom stereocenters. The van der Waals surface area contributed by atoms with Gasteiger partial charge in [-0.25, -0.2) is 4.79 Å². The van der Waals surface area contributed by atoms with Gasteiger partial charge in [-0.1, -0.05) is 12.1 Å². The molecule has 1 aromatic rings. The van der Waals surface area contributed by atoms with Crippen molar-refractivity contribution < 1.29 is 32.6 Å². The van der Waals surface area contributed by atoms with Gasteiger partial charge in [0.25, 0.3) is 0 Å². The highest BCUT2D eigenvalue weighted by Gasteiger charge is 2.30. The highest BCUT2D eigenvalue weighted by Crippen LogP contribution is 2.22. The van der Waals surface area contributed by atoms with E-state index in [0.29, 0.717) is 19.4 Å². The number of carbonyl (C=O) groups excluding carboxylic acids is 1. The second kappa shape index (κ2) is 8.86. The fourth-order valence-electron chi connectivity index (χ4n) is 1.68. The summed E-state index contributed by atoms with van der Waals surface area (Å²) in [7, 11) is 0. The molecule has 1 rings (SSSR count). The number of carboxylic acid groups (broad SMARTS) is 1. The third-order valence-electron chi connectivity index (χ3n) is 2.71. The molecule has 0 aromatic heterocycles. The van der Waals surface area contributed by atoms with Crippen LogP contribution in [0.3, 0.4) is 0 Å². The van der Waals surface area contributed by atoms with Crippen molar-refractivity contribution >= 4 is 12.0 Å². The third kappa shape index (κ3) is 9.22. The molecule has 0 aliphatic rings. The van der Waals surface area contributed by atoms with Crippen LogP contribution in [0, 0.1) is 0 Å². The van der Waals surface area contributed by atoms with E-state index in [0.717, 1.165) is 5.56 Å². The Morgan fingerprint density at radius 1 is 1.09 bits per heavy atom. The van der Waals surface area contributed by atoms with Crippen LogP contribution in [0.4, 0.5) is 18.0 Å². The lowest BCUT2D eigenvalue weighted by Crippen LogP contribution is -2.37. The number of amides is 2. The monoisotopic (exact) mass is 334 g/mol. The number of carbonyl (C=O) groups is 2. The van der Waals surface area contributed by atoms with E-state index in [4.69, 9.17) is 5.11 Å². The topological polar surface area (TPSA) is 87.7 Å². The summed E-state index contributed by atoms with van der Waals surface area (Å²) in [6, 6.07) is 4.94. The summed E-state index contributed by atoms with van der Waals surface area (Å²) in [6.07, 6.45) is -3.97. The van der Waals surface area contributed by atoms with E-state index in [1.165, 1.54) is 24.3 Å². The standard InChI is InChI=1S/C14H17F3N2O4/c15-14(16,17)23-11-5-3-10(4-6-11)7-9-19-13(22)18-8-1-2-12(20)21/h3-6H,1-2,7-9H2,(H,20,21)(H2,18,19,22). The summed E-state index contributed by atoms with van der Waals surface area (Å²) in [5, 5.41) is 13.5. The van der Waals surface area contributed by atoms with Crippen molar-refractivity contribution in [2.45, 2.75) is 25.6 Å². The normalized spacial score (nSPS) is 10.9. The minimum Gasteiger partial charge on any atom is -0.481 e. The van der Waals surface area contributed by atoms with Gasteiger partial charge in [-0.15, -0.1) is 13.2 Å². The minimum atomic E-state index is -4.72. The Bertz CT molecular complexity index is 518. The van der Waals surface area contributed by atoms with Crippen LogP contribution in [-0.2, 0) is 11.2 Å². The van der Waals surface area contributed by atoms with E-state index in [9.17, 15) is 22.8 Å². The average molecular weight is 334 g/mol. The SMILES string of the molecule is O=C(O)CCCNC(=O)NCCc1ccc(OC(F)(F)F)cc1. The van der Waals surface area contributed by atoms with Crippen LogP contribution < -0.4 is 15.4 Å². The molecule has 0 fully saturated rings. The van der Waals surface area contributed by atoms with Crippen molar-refractivity contribution in [3.8, 4) is 5.75 Å². The largest absolute Gasteiger partial charge is 0.573 e. The molecule has 0 bridgehead atoms. The van der Waals surface area contributed by atoms with Crippen LogP contribution in [0.1, 0.15) is 18.4 Å². The molecule has 9 heteroatoms. The van der Waals surface area contributed by atoms with E-state index in [1.54, 1.807) is 0 Å². The van der Waals surface area contributed by atoms with Gasteiger partial charge in [-0.2, -0.15) is 0 Å². The average Bonchev–Trinajstić information content (AvgIpc) is 2.44. The number of benzene rings is 1. The van der Waals surface area contributed by atoms with Crippen LogP contribution in [0.15, 0.2) is 24.3 Å². The Labute approximate surface area is 130 Å². The maximum Gasteiger partial charge on any atom is 0.573 e. The highest BCUT2D eigenvalue weighted by atomic mass is 19.4. The molecule has 6 nitrogen and oxygen atoms in total. The zero-order valence-electron chi connectivity index (χ0n) is 12.2. The Hall–Kier alpha value is -2.45. The summed E-state index contributed by atoms with van der Waals surface area (Å²) in [5.41, 5.74) is 0.741. The first-order valence-corrected chi connectivity index (χ1v) is 6.84. The van der Waals surface area contributed by atoms with E-state index >= 15 is 0 Å². The van der Waals surface area contributed by atoms with Crippen LogP contribution in [0.25, 0.3) is 0 Å². The second-order valence-electron chi connectivity index (χ2n) is 4.62. The van der Waals surface area contributed by atoms with Gasteiger partial charge >= 0.3 is 18.4 Å². The molecule has 0 spiro atoms. The molecular formula is C14H17F3N2O4. The number of halogens is 3. The second-order valence-corrected chi connectivity index (χ2v) is 4.62. The maximum atomic E-state index is 12.0. The molecule has 0 aliphatic carbocycles. The highest BCUT2D eigenvalue weighted by molar-refractivity contribution is 5.73. The number of urea groups is 1. The number of nitrogens with one attached hydrogen (secondary N) is 2. The number of ether oxygens (including phenoxy) is 1. The van der Waals surface area contributed by atoms with Gasteiger partial charge < -0.3 is 20.5 Å². The molecule has 1 aromatic carbocycles. The van der Waals surface area contributed by atoms with E-state index < -0.39 is 18.4 Å². The number of rotatable bonds is 8. The molecule has 0 radical (unpaired) electrons. The van der Waals surface area contributed by atoms with E-state index in [1.807, 2.05) is 0 Å². The lowest BCUT2D eigenvalue weighted by molar-refractivity contribution is -0.274. The van der Waals surface area contributed by atoms with Gasteiger partial charge in [0.2, 0.25) is 0 Å². The predicted molar refractivity (Wildman–Crippen MR) is 75.1 cm³/mol. The van der Waals surface area contributed by atoms with E-state index in [2.05, 4.69) is 15.4 Å². The van der Waals surface area contributed by atoms with Gasteiger partial charge in [0, 0.05) is 19.5 Å². The lowest BCUT2D eigenvalue weighted by atomic mass is 10.1. The van der Waals surface area contributed by atoms with Gasteiger partial charge in [-0.05, 0) is 30.5 Å². The first-order valence-electron chi connectivity index (χ1n) is 6.84. The van der Waals surface area contributed by atoms with Crippen LogP contribution in [0.5, 0.6) is 5.75 Å². The molecule has 23 heavy (non-hydrogen) atoms. The lowest BCUT2D eigenvalue weighted by Gasteiger charge is -2.10. The predicted octanol–water partition coefficient (Wildman–Crippen LogP) is 2.29. The molecule has 3 N–H and O–H groups in total. The molecule has 0 heterocycles. The number of hydrogen-bond acceptors (Lipinski definition) is 3. The summed E-state index contributed by atoms with van der Waals surface area (Å²) >= 11 is 0. The van der Waals surface area contributed by atoms with E-state index in [-0.39, 0.29) is 18.7 Å². The number of carboxylic acids is 1. The van der Waals surface area contributed by atoms with Gasteiger partial charge in [0.1, 0.15) is 5.75 Å². The Kier molecular flexibility index (Phi) is 7.17. The fourth-order valence-corrected chi connectivity index (χ4v) is 1.68. The van der Waals surface area contributed by atoms with Gasteiger partial charge in [0.15, 0.2) is 0 Å². The number of alkyl halides is 3. The van der Waals surface area contributed by atoms with Crippen LogP contribution in [0.2, 0.25) is 0 Å². The van der Waals surface area contributed by atoms with Crippen LogP contribution >= 0.6 is 0 Å². The van der Waals surface area contributed by atoms with Crippen molar-refractivity contribution in [1.29, 1.82) is 0 Å². The summed E-state index contributed by atoms with van der Waals surface area (Å²) in [4.78, 5) is 21.6. The quantitative estimate of drug-likeness (QED) is 0.637. The molecule has 128 valence electrons. The van der Waals surface area contributed by atoms with Gasteiger partial charge in [0.05, 0.1) is 0 Å². The van der Waals surface area contributed by atoms with Crippen molar-refractivity contribution in [1.82, 2.24) is 10.6 Å². The zero-order valence-corrected chi connectivity index (χ0v) is 12.2. The Morgan fingerprint density at radius 2 is 1.70 bits per heavy atom. The van der Waals surface area contributed by atoms with Crippen molar-refractivity contribution in [2.24, 2.45) is 0 Å². The zero-order chi connectivity index (χ0) is 17.3. The summed E-state index contributed by atoms with van der Waals surface area (Å²) < 4.78 is 39.7. The van der Waals surface area contributed by atoms with Crippen molar-refractivity contribution in [2.75, 3.05) is 13.1 Å². The fraction of sp³-hybridized carbons (Fsp3) is 0.429. The smallest absolute Gasteiger partial charge is 0.481 e. The first-order chi connectivity index (χ1) is 10.8. The van der Waals surface area contributed by atoms with Crippen LogP contribution in [-0.4, -0.2) is 36.6 Å². The number of hydrogen-bond donors (Lipinski definition) is 3. The van der Waals surface area contributed by atoms with Crippen molar-refractivity contribution in [3.05, 3.63) is 29.8 Å². The molecule has 2 amide bonds. The molecule has 0 saturated heterocycles. The molecular weight excluding hydrogens is 317 g/mol. The Balaban J connectivity index is 2.22. The number of aliphatic carboxylic acids is 1. The Morgan fingerprint density at radius 3 is 2.26 bits per heavy atom.